The van der Waals surface area contributed by atoms with E-state index in [9.17, 15) is 4.79 Å². The molecule has 1 aliphatic rings. The summed E-state index contributed by atoms with van der Waals surface area (Å²) >= 11 is 0. The first kappa shape index (κ1) is 12.5. The van der Waals surface area contributed by atoms with Crippen LogP contribution in [-0.4, -0.2) is 32.3 Å². The summed E-state index contributed by atoms with van der Waals surface area (Å²) in [5, 5.41) is 0. The normalized spacial score (nSPS) is 13.4. The van der Waals surface area contributed by atoms with Crippen LogP contribution in [0.2, 0.25) is 0 Å². The first-order chi connectivity index (χ1) is 8.76. The summed E-state index contributed by atoms with van der Waals surface area (Å²) in [4.78, 5) is 15.8. The highest BCUT2D eigenvalue weighted by molar-refractivity contribution is 5.83. The number of hydrogen-bond donors (Lipinski definition) is 0. The van der Waals surface area contributed by atoms with Gasteiger partial charge in [-0.15, -0.1) is 6.58 Å². The molecule has 0 unspecified atom stereocenters. The van der Waals surface area contributed by atoms with Crippen LogP contribution in [0.3, 0.4) is 0 Å². The van der Waals surface area contributed by atoms with Crippen LogP contribution in [0.5, 0.6) is 0 Å². The summed E-state index contributed by atoms with van der Waals surface area (Å²) in [6.07, 6.45) is 1.87. The molecule has 96 valence electrons. The molecule has 4 heteroatoms. The molecule has 2 rings (SSSR count). The highest BCUT2D eigenvalue weighted by atomic mass is 16.5. The first-order valence-corrected chi connectivity index (χ1v) is 6.11. The first-order valence-electron chi connectivity index (χ1n) is 6.11. The second kappa shape index (κ2) is 5.58. The largest absolute Gasteiger partial charge is 0.465 e. The molecule has 1 heterocycles. The predicted octanol–water partition coefficient (Wildman–Crippen LogP) is 2.02. The van der Waals surface area contributed by atoms with Crippen molar-refractivity contribution in [2.75, 3.05) is 36.2 Å². The average Bonchev–Trinajstić information content (AvgIpc) is 2.69. The Morgan fingerprint density at radius 2 is 2.06 bits per heavy atom. The summed E-state index contributed by atoms with van der Waals surface area (Å²) in [7, 11) is 0. The van der Waals surface area contributed by atoms with Gasteiger partial charge in [-0.1, -0.05) is 18.2 Å². The zero-order chi connectivity index (χ0) is 13.0. The van der Waals surface area contributed by atoms with Gasteiger partial charge in [0.1, 0.15) is 6.54 Å². The number of esters is 1. The molecule has 1 aromatic carbocycles. The number of para-hydroxylation sites is 2. The molecule has 0 atom stereocenters. The van der Waals surface area contributed by atoms with E-state index in [-0.39, 0.29) is 5.97 Å². The maximum Gasteiger partial charge on any atom is 0.325 e. The van der Waals surface area contributed by atoms with Gasteiger partial charge in [0.05, 0.1) is 24.7 Å². The molecule has 0 fully saturated rings. The smallest absolute Gasteiger partial charge is 0.325 e. The Morgan fingerprint density at radius 3 is 2.67 bits per heavy atom. The minimum atomic E-state index is -0.187. The van der Waals surface area contributed by atoms with E-state index in [2.05, 4.69) is 17.5 Å². The van der Waals surface area contributed by atoms with Crippen LogP contribution in [0.25, 0.3) is 0 Å². The molecular weight excluding hydrogens is 228 g/mol. The molecule has 0 saturated carbocycles. The number of carbonyl (C=O) groups is 1. The number of fused-ring (bicyclic) bond motifs is 1. The monoisotopic (exact) mass is 246 g/mol. The van der Waals surface area contributed by atoms with E-state index in [1.54, 1.807) is 0 Å². The van der Waals surface area contributed by atoms with E-state index < -0.39 is 0 Å². The van der Waals surface area contributed by atoms with E-state index in [1.165, 1.54) is 0 Å². The van der Waals surface area contributed by atoms with Crippen molar-refractivity contribution in [3.8, 4) is 0 Å². The molecule has 0 bridgehead atoms. The Kier molecular flexibility index (Phi) is 3.87. The van der Waals surface area contributed by atoms with E-state index in [0.717, 1.165) is 17.9 Å². The summed E-state index contributed by atoms with van der Waals surface area (Å²) in [6, 6.07) is 8.07. The number of ether oxygens (including phenoxy) is 1. The number of anilines is 2. The summed E-state index contributed by atoms with van der Waals surface area (Å²) in [5.41, 5.74) is 2.22. The van der Waals surface area contributed by atoms with Gasteiger partial charge in [-0.2, -0.15) is 0 Å². The Bertz CT molecular complexity index is 445. The van der Waals surface area contributed by atoms with Crippen molar-refractivity contribution >= 4 is 17.3 Å². The van der Waals surface area contributed by atoms with Gasteiger partial charge in [0.15, 0.2) is 0 Å². The lowest BCUT2D eigenvalue weighted by Crippen LogP contribution is -2.35. The number of benzene rings is 1. The molecule has 0 aromatic heterocycles. The fourth-order valence-electron chi connectivity index (χ4n) is 2.17. The van der Waals surface area contributed by atoms with E-state index >= 15 is 0 Å². The van der Waals surface area contributed by atoms with Gasteiger partial charge < -0.3 is 14.5 Å². The highest BCUT2D eigenvalue weighted by Gasteiger charge is 2.26. The van der Waals surface area contributed by atoms with Crippen LogP contribution in [0.15, 0.2) is 36.9 Å². The topological polar surface area (TPSA) is 32.8 Å². The van der Waals surface area contributed by atoms with Crippen LogP contribution in [0.4, 0.5) is 11.4 Å². The molecule has 0 spiro atoms. The van der Waals surface area contributed by atoms with Gasteiger partial charge in [0.25, 0.3) is 0 Å². The van der Waals surface area contributed by atoms with Crippen molar-refractivity contribution in [1.82, 2.24) is 0 Å². The average molecular weight is 246 g/mol. The third-order valence-corrected chi connectivity index (χ3v) is 2.88. The molecule has 1 aromatic rings. The minimum Gasteiger partial charge on any atom is -0.465 e. The minimum absolute atomic E-state index is 0.187. The fraction of sp³-hybridized carbons (Fsp3) is 0.357. The molecule has 1 aliphatic heterocycles. The van der Waals surface area contributed by atoms with Crippen molar-refractivity contribution in [2.45, 2.75) is 6.92 Å². The van der Waals surface area contributed by atoms with Crippen molar-refractivity contribution in [3.63, 3.8) is 0 Å². The third-order valence-electron chi connectivity index (χ3n) is 2.88. The summed E-state index contributed by atoms with van der Waals surface area (Å²) in [5.74, 6) is -0.187. The Morgan fingerprint density at radius 1 is 1.39 bits per heavy atom. The van der Waals surface area contributed by atoms with Gasteiger partial charge in [0, 0.05) is 6.54 Å². The third kappa shape index (κ3) is 2.47. The lowest BCUT2D eigenvalue weighted by Gasteiger charge is -2.19. The number of rotatable bonds is 5. The SMILES string of the molecule is C=CCN1CN(CC(=O)OCC)c2ccccc21. The molecular formula is C14H18N2O2. The zero-order valence-corrected chi connectivity index (χ0v) is 10.6. The van der Waals surface area contributed by atoms with Gasteiger partial charge in [-0.3, -0.25) is 4.79 Å². The maximum absolute atomic E-state index is 11.6. The zero-order valence-electron chi connectivity index (χ0n) is 10.6. The van der Waals surface area contributed by atoms with Gasteiger partial charge >= 0.3 is 5.97 Å². The van der Waals surface area contributed by atoms with Crippen molar-refractivity contribution < 1.29 is 9.53 Å². The molecule has 0 aliphatic carbocycles. The second-order valence-corrected chi connectivity index (χ2v) is 4.14. The molecule has 0 amide bonds. The van der Waals surface area contributed by atoms with Crippen LogP contribution >= 0.6 is 0 Å². The quantitative estimate of drug-likeness (QED) is 0.588. The molecule has 0 N–H and O–H groups in total. The Labute approximate surface area is 107 Å². The number of nitrogens with zero attached hydrogens (tertiary/aromatic N) is 2. The van der Waals surface area contributed by atoms with E-state index in [0.29, 0.717) is 19.8 Å². The maximum atomic E-state index is 11.6. The number of hydrogen-bond acceptors (Lipinski definition) is 4. The van der Waals surface area contributed by atoms with Crippen LogP contribution in [-0.2, 0) is 9.53 Å². The van der Waals surface area contributed by atoms with E-state index in [1.807, 2.05) is 36.1 Å². The lowest BCUT2D eigenvalue weighted by molar-refractivity contribution is -0.141. The predicted molar refractivity (Wildman–Crippen MR) is 72.8 cm³/mol. The molecule has 4 nitrogen and oxygen atoms in total. The van der Waals surface area contributed by atoms with Gasteiger partial charge in [-0.25, -0.2) is 0 Å². The Hall–Kier alpha value is -1.97. The van der Waals surface area contributed by atoms with Crippen molar-refractivity contribution in [3.05, 3.63) is 36.9 Å². The number of carbonyl (C=O) groups excluding carboxylic acids is 1. The highest BCUT2D eigenvalue weighted by Crippen LogP contribution is 2.35. The van der Waals surface area contributed by atoms with Crippen molar-refractivity contribution in [1.29, 1.82) is 0 Å². The van der Waals surface area contributed by atoms with Crippen LogP contribution in [0.1, 0.15) is 6.92 Å². The van der Waals surface area contributed by atoms with Gasteiger partial charge in [0.2, 0.25) is 0 Å². The van der Waals surface area contributed by atoms with Crippen LogP contribution in [0, 0.1) is 0 Å². The summed E-state index contributed by atoms with van der Waals surface area (Å²) in [6.45, 7) is 7.76. The molecule has 0 saturated heterocycles. The summed E-state index contributed by atoms with van der Waals surface area (Å²) < 4.78 is 4.99. The fourth-order valence-corrected chi connectivity index (χ4v) is 2.17. The molecule has 0 radical (unpaired) electrons. The van der Waals surface area contributed by atoms with E-state index in [4.69, 9.17) is 4.74 Å². The second-order valence-electron chi connectivity index (χ2n) is 4.14. The Balaban J connectivity index is 2.14. The van der Waals surface area contributed by atoms with Crippen molar-refractivity contribution in [2.24, 2.45) is 0 Å². The van der Waals surface area contributed by atoms with Gasteiger partial charge in [-0.05, 0) is 19.1 Å². The standard InChI is InChI=1S/C14H18N2O2/c1-3-9-15-11-16(10-14(17)18-4-2)13-8-6-5-7-12(13)15/h3,5-8H,1,4,9-11H2,2H3. The molecule has 18 heavy (non-hydrogen) atoms. The lowest BCUT2D eigenvalue weighted by atomic mass is 10.2. The van der Waals surface area contributed by atoms with Crippen LogP contribution < -0.4 is 9.80 Å².